The third-order valence-electron chi connectivity index (χ3n) is 3.75. The topological polar surface area (TPSA) is 54.9 Å². The summed E-state index contributed by atoms with van der Waals surface area (Å²) in [5, 5.41) is 6.67. The van der Waals surface area contributed by atoms with E-state index in [0.717, 1.165) is 71.2 Å². The molecule has 1 fully saturated rings. The molecule has 1 heterocycles. The first-order valence-electron chi connectivity index (χ1n) is 8.46. The van der Waals surface area contributed by atoms with Crippen LogP contribution in [0.15, 0.2) is 4.99 Å². The molecule has 0 spiro atoms. The predicted octanol–water partition coefficient (Wildman–Crippen LogP) is 2.79. The van der Waals surface area contributed by atoms with Gasteiger partial charge in [0.2, 0.25) is 0 Å². The van der Waals surface area contributed by atoms with Gasteiger partial charge in [-0.1, -0.05) is 6.92 Å². The second-order valence-electron chi connectivity index (χ2n) is 5.70. The van der Waals surface area contributed by atoms with Gasteiger partial charge in [0.25, 0.3) is 0 Å². The van der Waals surface area contributed by atoms with Gasteiger partial charge in [-0.15, -0.1) is 24.0 Å². The Morgan fingerprint density at radius 2 is 2.05 bits per heavy atom. The average molecular weight is 427 g/mol. The van der Waals surface area contributed by atoms with Gasteiger partial charge in [0.05, 0.1) is 0 Å². The molecule has 1 atom stereocenters. The molecule has 0 bridgehead atoms. The van der Waals surface area contributed by atoms with Crippen molar-refractivity contribution in [3.05, 3.63) is 0 Å². The summed E-state index contributed by atoms with van der Waals surface area (Å²) in [4.78, 5) is 4.58. The van der Waals surface area contributed by atoms with Crippen LogP contribution in [0.2, 0.25) is 0 Å². The lowest BCUT2D eigenvalue weighted by atomic mass is 10.0. The zero-order valence-corrected chi connectivity index (χ0v) is 16.7. The summed E-state index contributed by atoms with van der Waals surface area (Å²) in [5.74, 6) is 1.60. The lowest BCUT2D eigenvalue weighted by Gasteiger charge is -2.21. The largest absolute Gasteiger partial charge is 0.381 e. The van der Waals surface area contributed by atoms with Crippen molar-refractivity contribution in [2.24, 2.45) is 10.9 Å². The number of nitrogens with zero attached hydrogens (tertiary/aromatic N) is 1. The average Bonchev–Trinajstić information content (AvgIpc) is 2.51. The molecular formula is C16H34IN3O2. The molecule has 0 saturated carbocycles. The molecule has 0 aromatic rings. The van der Waals surface area contributed by atoms with Crippen LogP contribution in [-0.2, 0) is 9.47 Å². The Kier molecular flexibility index (Phi) is 14.5. The molecule has 132 valence electrons. The number of ether oxygens (including phenoxy) is 2. The molecule has 0 amide bonds. The van der Waals surface area contributed by atoms with Gasteiger partial charge in [-0.3, -0.25) is 4.99 Å². The fraction of sp³-hybridized carbons (Fsp3) is 0.938. The van der Waals surface area contributed by atoms with Crippen molar-refractivity contribution in [1.82, 2.24) is 10.6 Å². The zero-order chi connectivity index (χ0) is 15.3. The van der Waals surface area contributed by atoms with Crippen molar-refractivity contribution < 1.29 is 9.47 Å². The van der Waals surface area contributed by atoms with Gasteiger partial charge in [0.1, 0.15) is 0 Å². The van der Waals surface area contributed by atoms with Crippen molar-refractivity contribution in [3.63, 3.8) is 0 Å². The van der Waals surface area contributed by atoms with E-state index in [1.54, 1.807) is 0 Å². The Hall–Kier alpha value is -0.0800. The number of guanidine groups is 1. The van der Waals surface area contributed by atoms with Crippen molar-refractivity contribution in [1.29, 1.82) is 0 Å². The molecule has 1 saturated heterocycles. The van der Waals surface area contributed by atoms with Gasteiger partial charge >= 0.3 is 0 Å². The highest BCUT2D eigenvalue weighted by Crippen LogP contribution is 2.14. The van der Waals surface area contributed by atoms with E-state index >= 15 is 0 Å². The van der Waals surface area contributed by atoms with Gasteiger partial charge in [0, 0.05) is 45.6 Å². The summed E-state index contributed by atoms with van der Waals surface area (Å²) in [6, 6.07) is 0.451. The number of rotatable bonds is 9. The van der Waals surface area contributed by atoms with Crippen LogP contribution < -0.4 is 10.6 Å². The van der Waals surface area contributed by atoms with Crippen LogP contribution in [0.3, 0.4) is 0 Å². The molecule has 22 heavy (non-hydrogen) atoms. The number of hydrogen-bond donors (Lipinski definition) is 2. The summed E-state index contributed by atoms with van der Waals surface area (Å²) >= 11 is 0. The molecule has 0 radical (unpaired) electrons. The smallest absolute Gasteiger partial charge is 0.191 e. The third kappa shape index (κ3) is 10.6. The normalized spacial score (nSPS) is 17.7. The van der Waals surface area contributed by atoms with Crippen LogP contribution in [0.4, 0.5) is 0 Å². The van der Waals surface area contributed by atoms with Crippen LogP contribution in [0, 0.1) is 5.92 Å². The number of aliphatic imine (C=N–C) groups is 1. The summed E-state index contributed by atoms with van der Waals surface area (Å²) in [7, 11) is 0. The van der Waals surface area contributed by atoms with Gasteiger partial charge in [-0.25, -0.2) is 0 Å². The quantitative estimate of drug-likeness (QED) is 0.257. The van der Waals surface area contributed by atoms with Gasteiger partial charge in [-0.2, -0.15) is 0 Å². The summed E-state index contributed by atoms with van der Waals surface area (Å²) in [6.07, 6.45) is 4.35. The number of halogens is 1. The van der Waals surface area contributed by atoms with E-state index in [0.29, 0.717) is 12.0 Å². The minimum Gasteiger partial charge on any atom is -0.381 e. The fourth-order valence-corrected chi connectivity index (χ4v) is 2.18. The van der Waals surface area contributed by atoms with Crippen molar-refractivity contribution in [2.45, 2.75) is 52.5 Å². The molecule has 6 heteroatoms. The molecule has 1 unspecified atom stereocenters. The Bertz CT molecular complexity index is 285. The molecule has 1 aliphatic heterocycles. The number of hydrogen-bond acceptors (Lipinski definition) is 3. The standard InChI is InChI=1S/C16H33N3O2.HI/c1-4-14(3)19-16(17-5-2)18-9-6-10-21-13-15-7-11-20-12-8-15;/h14-15H,4-13H2,1-3H3,(H2,17,18,19);1H. The van der Waals surface area contributed by atoms with E-state index in [4.69, 9.17) is 9.47 Å². The second kappa shape index (κ2) is 14.5. The van der Waals surface area contributed by atoms with E-state index < -0.39 is 0 Å². The monoisotopic (exact) mass is 427 g/mol. The first kappa shape index (κ1) is 21.9. The Morgan fingerprint density at radius 1 is 1.32 bits per heavy atom. The highest BCUT2D eigenvalue weighted by molar-refractivity contribution is 14.0. The van der Waals surface area contributed by atoms with Crippen LogP contribution >= 0.6 is 24.0 Å². The molecule has 0 aliphatic carbocycles. The Morgan fingerprint density at radius 3 is 2.68 bits per heavy atom. The van der Waals surface area contributed by atoms with Crippen molar-refractivity contribution in [2.75, 3.05) is 39.5 Å². The van der Waals surface area contributed by atoms with E-state index in [1.807, 2.05) is 0 Å². The maximum atomic E-state index is 5.75. The van der Waals surface area contributed by atoms with E-state index in [2.05, 4.69) is 36.4 Å². The molecule has 2 N–H and O–H groups in total. The number of nitrogens with one attached hydrogen (secondary N) is 2. The van der Waals surface area contributed by atoms with Crippen LogP contribution in [0.25, 0.3) is 0 Å². The van der Waals surface area contributed by atoms with Crippen LogP contribution in [0.1, 0.15) is 46.5 Å². The van der Waals surface area contributed by atoms with E-state index in [-0.39, 0.29) is 24.0 Å². The van der Waals surface area contributed by atoms with Crippen molar-refractivity contribution in [3.8, 4) is 0 Å². The molecule has 0 aromatic carbocycles. The van der Waals surface area contributed by atoms with Crippen LogP contribution in [0.5, 0.6) is 0 Å². The molecule has 1 rings (SSSR count). The highest BCUT2D eigenvalue weighted by Gasteiger charge is 2.13. The molecular weight excluding hydrogens is 393 g/mol. The Balaban J connectivity index is 0.00000441. The maximum absolute atomic E-state index is 5.75. The maximum Gasteiger partial charge on any atom is 0.191 e. The van der Waals surface area contributed by atoms with Crippen molar-refractivity contribution >= 4 is 29.9 Å². The first-order valence-corrected chi connectivity index (χ1v) is 8.46. The summed E-state index contributed by atoms with van der Waals surface area (Å²) < 4.78 is 11.1. The van der Waals surface area contributed by atoms with Gasteiger partial charge in [-0.05, 0) is 45.4 Å². The van der Waals surface area contributed by atoms with Gasteiger partial charge in [0.15, 0.2) is 5.96 Å². The minimum absolute atomic E-state index is 0. The first-order chi connectivity index (χ1) is 10.3. The van der Waals surface area contributed by atoms with E-state index in [9.17, 15) is 0 Å². The SMILES string of the molecule is CCNC(=NCCCOCC1CCOCC1)NC(C)CC.I. The molecule has 1 aliphatic rings. The predicted molar refractivity (Wildman–Crippen MR) is 103 cm³/mol. The fourth-order valence-electron chi connectivity index (χ4n) is 2.18. The molecule has 5 nitrogen and oxygen atoms in total. The highest BCUT2D eigenvalue weighted by atomic mass is 127. The summed E-state index contributed by atoms with van der Waals surface area (Å²) in [5.41, 5.74) is 0. The lowest BCUT2D eigenvalue weighted by molar-refractivity contribution is 0.0205. The Labute approximate surface area is 153 Å². The van der Waals surface area contributed by atoms with Gasteiger partial charge < -0.3 is 20.1 Å². The third-order valence-corrected chi connectivity index (χ3v) is 3.75. The lowest BCUT2D eigenvalue weighted by Crippen LogP contribution is -2.42. The molecule has 0 aromatic heterocycles. The minimum atomic E-state index is 0. The van der Waals surface area contributed by atoms with Crippen LogP contribution in [-0.4, -0.2) is 51.5 Å². The second-order valence-corrected chi connectivity index (χ2v) is 5.70. The zero-order valence-electron chi connectivity index (χ0n) is 14.4. The van der Waals surface area contributed by atoms with E-state index in [1.165, 1.54) is 0 Å². The summed E-state index contributed by atoms with van der Waals surface area (Å²) in [6.45, 7) is 11.6.